The van der Waals surface area contributed by atoms with Crippen LogP contribution < -0.4 is 26.8 Å². The minimum Gasteiger partial charge on any atom is -0.484 e. The normalized spacial score (nSPS) is 11.7. The zero-order chi connectivity index (χ0) is 17.4. The second kappa shape index (κ2) is 8.74. The maximum Gasteiger partial charge on any atom is 0.255 e. The van der Waals surface area contributed by atoms with Crippen LogP contribution in [0.1, 0.15) is 13.8 Å². The van der Waals surface area contributed by atoms with E-state index in [0.717, 1.165) is 0 Å². The molecule has 0 bridgehead atoms. The zero-order valence-electron chi connectivity index (χ0n) is 13.2. The standard InChI is InChI=1S/C15H22N4O4/c1-9(2)14(17)15(22)18-7-13(21)19-10-4-3-5-11(6-10)23-8-12(16)20/h3-6,9,14H,7-8,17H2,1-2H3,(H2,16,20)(H,18,22)(H,19,21)/t14-/m0/s1. The van der Waals surface area contributed by atoms with Crippen LogP contribution >= 0.6 is 0 Å². The highest BCUT2D eigenvalue weighted by Gasteiger charge is 2.17. The first-order valence-electron chi connectivity index (χ1n) is 7.14. The van der Waals surface area contributed by atoms with E-state index >= 15 is 0 Å². The Labute approximate surface area is 134 Å². The lowest BCUT2D eigenvalue weighted by Gasteiger charge is -2.15. The van der Waals surface area contributed by atoms with E-state index in [9.17, 15) is 14.4 Å². The smallest absolute Gasteiger partial charge is 0.255 e. The highest BCUT2D eigenvalue weighted by molar-refractivity contribution is 5.95. The van der Waals surface area contributed by atoms with Crippen molar-refractivity contribution in [2.75, 3.05) is 18.5 Å². The lowest BCUT2D eigenvalue weighted by Crippen LogP contribution is -2.46. The summed E-state index contributed by atoms with van der Waals surface area (Å²) in [7, 11) is 0. The van der Waals surface area contributed by atoms with E-state index in [1.165, 1.54) is 0 Å². The first kappa shape index (κ1) is 18.4. The topological polar surface area (TPSA) is 137 Å². The molecule has 8 heteroatoms. The van der Waals surface area contributed by atoms with E-state index in [1.54, 1.807) is 24.3 Å². The Kier molecular flexibility index (Phi) is 7.01. The van der Waals surface area contributed by atoms with Crippen LogP contribution in [0, 0.1) is 5.92 Å². The summed E-state index contributed by atoms with van der Waals surface area (Å²) >= 11 is 0. The molecular formula is C15H22N4O4. The number of carbonyl (C=O) groups is 3. The summed E-state index contributed by atoms with van der Waals surface area (Å²) in [5, 5.41) is 5.07. The summed E-state index contributed by atoms with van der Waals surface area (Å²) in [5.41, 5.74) is 11.1. The summed E-state index contributed by atoms with van der Waals surface area (Å²) < 4.78 is 5.13. The summed E-state index contributed by atoms with van der Waals surface area (Å²) in [6, 6.07) is 5.81. The Bertz CT molecular complexity index is 574. The minimum atomic E-state index is -0.659. The molecule has 0 unspecified atom stereocenters. The summed E-state index contributed by atoms with van der Waals surface area (Å²) in [4.78, 5) is 34.1. The Hall–Kier alpha value is -2.61. The number of hydrogen-bond donors (Lipinski definition) is 4. The van der Waals surface area contributed by atoms with Crippen molar-refractivity contribution in [1.29, 1.82) is 0 Å². The van der Waals surface area contributed by atoms with Gasteiger partial charge in [-0.1, -0.05) is 19.9 Å². The van der Waals surface area contributed by atoms with Gasteiger partial charge < -0.3 is 26.8 Å². The number of amides is 3. The monoisotopic (exact) mass is 322 g/mol. The number of carbonyl (C=O) groups excluding carboxylic acids is 3. The van der Waals surface area contributed by atoms with E-state index < -0.39 is 17.9 Å². The molecule has 1 aromatic rings. The molecule has 0 saturated heterocycles. The Morgan fingerprint density at radius 1 is 1.26 bits per heavy atom. The van der Waals surface area contributed by atoms with Crippen LogP contribution in [-0.4, -0.2) is 36.9 Å². The molecule has 0 fully saturated rings. The fourth-order valence-corrected chi connectivity index (χ4v) is 1.61. The van der Waals surface area contributed by atoms with Gasteiger partial charge in [0.2, 0.25) is 11.8 Å². The SMILES string of the molecule is CC(C)[C@H](N)C(=O)NCC(=O)Nc1cccc(OCC(N)=O)c1. The van der Waals surface area contributed by atoms with Gasteiger partial charge in [0.25, 0.3) is 5.91 Å². The number of rotatable bonds is 8. The van der Waals surface area contributed by atoms with Crippen molar-refractivity contribution in [3.05, 3.63) is 24.3 Å². The molecule has 0 aliphatic rings. The van der Waals surface area contributed by atoms with Crippen molar-refractivity contribution in [2.45, 2.75) is 19.9 Å². The van der Waals surface area contributed by atoms with Crippen LogP contribution in [0.4, 0.5) is 5.69 Å². The third-order valence-corrected chi connectivity index (χ3v) is 2.94. The van der Waals surface area contributed by atoms with Gasteiger partial charge >= 0.3 is 0 Å². The average Bonchev–Trinajstić information content (AvgIpc) is 2.50. The second-order valence-electron chi connectivity index (χ2n) is 5.32. The van der Waals surface area contributed by atoms with Crippen LogP contribution in [0.25, 0.3) is 0 Å². The van der Waals surface area contributed by atoms with E-state index in [0.29, 0.717) is 11.4 Å². The highest BCUT2D eigenvalue weighted by atomic mass is 16.5. The molecule has 1 rings (SSSR count). The van der Waals surface area contributed by atoms with Crippen LogP contribution in [0.5, 0.6) is 5.75 Å². The second-order valence-corrected chi connectivity index (χ2v) is 5.32. The third-order valence-electron chi connectivity index (χ3n) is 2.94. The minimum absolute atomic E-state index is 0.0165. The number of hydrogen-bond acceptors (Lipinski definition) is 5. The van der Waals surface area contributed by atoms with Gasteiger partial charge in [0.15, 0.2) is 6.61 Å². The molecule has 0 heterocycles. The zero-order valence-corrected chi connectivity index (χ0v) is 13.2. The van der Waals surface area contributed by atoms with Crippen molar-refractivity contribution in [3.8, 4) is 5.75 Å². The van der Waals surface area contributed by atoms with E-state index in [4.69, 9.17) is 16.2 Å². The number of nitrogens with one attached hydrogen (secondary N) is 2. The molecule has 0 aliphatic heterocycles. The van der Waals surface area contributed by atoms with Crippen LogP contribution in [0.3, 0.4) is 0 Å². The quantitative estimate of drug-likeness (QED) is 0.515. The lowest BCUT2D eigenvalue weighted by atomic mass is 10.1. The predicted molar refractivity (Wildman–Crippen MR) is 85.6 cm³/mol. The van der Waals surface area contributed by atoms with Gasteiger partial charge in [0, 0.05) is 11.8 Å². The van der Waals surface area contributed by atoms with Gasteiger partial charge in [-0.3, -0.25) is 14.4 Å². The van der Waals surface area contributed by atoms with E-state index in [1.807, 2.05) is 13.8 Å². The number of ether oxygens (including phenoxy) is 1. The largest absolute Gasteiger partial charge is 0.484 e. The Balaban J connectivity index is 2.49. The van der Waals surface area contributed by atoms with Crippen molar-refractivity contribution in [1.82, 2.24) is 5.32 Å². The highest BCUT2D eigenvalue weighted by Crippen LogP contribution is 2.17. The van der Waals surface area contributed by atoms with Gasteiger partial charge in [0.1, 0.15) is 5.75 Å². The maximum atomic E-state index is 11.8. The first-order chi connectivity index (χ1) is 10.8. The van der Waals surface area contributed by atoms with Crippen LogP contribution in [0.2, 0.25) is 0 Å². The van der Waals surface area contributed by atoms with E-state index in [2.05, 4.69) is 10.6 Å². The lowest BCUT2D eigenvalue weighted by molar-refractivity contribution is -0.125. The van der Waals surface area contributed by atoms with Crippen molar-refractivity contribution < 1.29 is 19.1 Å². The maximum absolute atomic E-state index is 11.8. The molecule has 8 nitrogen and oxygen atoms in total. The van der Waals surface area contributed by atoms with Gasteiger partial charge in [0.05, 0.1) is 12.6 Å². The van der Waals surface area contributed by atoms with Gasteiger partial charge in [-0.2, -0.15) is 0 Å². The number of nitrogens with two attached hydrogens (primary N) is 2. The van der Waals surface area contributed by atoms with Crippen LogP contribution in [0.15, 0.2) is 24.3 Å². The molecule has 3 amide bonds. The summed E-state index contributed by atoms with van der Waals surface area (Å²) in [5.74, 6) is -0.997. The molecular weight excluding hydrogens is 300 g/mol. The summed E-state index contributed by atoms with van der Waals surface area (Å²) in [6.45, 7) is 3.20. The van der Waals surface area contributed by atoms with Gasteiger partial charge in [-0.05, 0) is 18.1 Å². The van der Waals surface area contributed by atoms with Gasteiger partial charge in [-0.15, -0.1) is 0 Å². The molecule has 0 aromatic heterocycles. The molecule has 0 spiro atoms. The molecule has 126 valence electrons. The van der Waals surface area contributed by atoms with Crippen molar-refractivity contribution in [2.24, 2.45) is 17.4 Å². The number of primary amides is 1. The predicted octanol–water partition coefficient (Wildman–Crippen LogP) is -0.411. The fraction of sp³-hybridized carbons (Fsp3) is 0.400. The third kappa shape index (κ3) is 6.79. The summed E-state index contributed by atoms with van der Waals surface area (Å²) in [6.07, 6.45) is 0. The molecule has 6 N–H and O–H groups in total. The van der Waals surface area contributed by atoms with E-state index in [-0.39, 0.29) is 25.0 Å². The molecule has 0 radical (unpaired) electrons. The molecule has 0 aliphatic carbocycles. The van der Waals surface area contributed by atoms with Crippen molar-refractivity contribution >= 4 is 23.4 Å². The number of anilines is 1. The first-order valence-corrected chi connectivity index (χ1v) is 7.14. The Morgan fingerprint density at radius 3 is 2.57 bits per heavy atom. The molecule has 1 atom stereocenters. The average molecular weight is 322 g/mol. The molecule has 1 aromatic carbocycles. The Morgan fingerprint density at radius 2 is 1.96 bits per heavy atom. The number of benzene rings is 1. The fourth-order valence-electron chi connectivity index (χ4n) is 1.61. The van der Waals surface area contributed by atoms with Crippen LogP contribution in [-0.2, 0) is 14.4 Å². The molecule has 23 heavy (non-hydrogen) atoms. The van der Waals surface area contributed by atoms with Crippen molar-refractivity contribution in [3.63, 3.8) is 0 Å². The molecule has 0 saturated carbocycles. The van der Waals surface area contributed by atoms with Gasteiger partial charge in [-0.25, -0.2) is 0 Å².